The van der Waals surface area contributed by atoms with Gasteiger partial charge in [0.1, 0.15) is 0 Å². The smallest absolute Gasteiger partial charge is 0.378 e. The van der Waals surface area contributed by atoms with Crippen LogP contribution in [0.3, 0.4) is 0 Å². The molecule has 1 aromatic carbocycles. The maximum absolute atomic E-state index is 12.2. The number of benzene rings is 1. The van der Waals surface area contributed by atoms with Crippen LogP contribution in [0.15, 0.2) is 18.2 Å². The normalized spacial score (nSPS) is 11.9. The largest absolute Gasteiger partial charge is 0.416 e. The first kappa shape index (κ1) is 13.0. The summed E-state index contributed by atoms with van der Waals surface area (Å²) in [5, 5.41) is 2.00. The fraction of sp³-hybridized carbons (Fsp3) is 0.333. The molecular formula is C9H7ClF5N. The van der Waals surface area contributed by atoms with Gasteiger partial charge in [-0.25, -0.2) is 8.78 Å². The van der Waals surface area contributed by atoms with E-state index in [1.54, 1.807) is 0 Å². The first-order chi connectivity index (χ1) is 7.30. The highest BCUT2D eigenvalue weighted by atomic mass is 35.5. The van der Waals surface area contributed by atoms with E-state index in [2.05, 4.69) is 5.32 Å². The molecule has 1 nitrogen and oxygen atoms in total. The molecule has 0 saturated heterocycles. The molecule has 16 heavy (non-hydrogen) atoms. The van der Waals surface area contributed by atoms with Gasteiger partial charge in [0.15, 0.2) is 0 Å². The molecule has 90 valence electrons. The topological polar surface area (TPSA) is 12.0 Å². The summed E-state index contributed by atoms with van der Waals surface area (Å²) < 4.78 is 60.3. The van der Waals surface area contributed by atoms with Crippen molar-refractivity contribution in [3.05, 3.63) is 28.8 Å². The van der Waals surface area contributed by atoms with Crippen LogP contribution in [0.4, 0.5) is 27.6 Å². The Bertz CT molecular complexity index is 363. The van der Waals surface area contributed by atoms with Crippen LogP contribution in [0.2, 0.25) is 5.02 Å². The van der Waals surface area contributed by atoms with E-state index in [-0.39, 0.29) is 10.7 Å². The van der Waals surface area contributed by atoms with E-state index in [0.717, 1.165) is 12.1 Å². The van der Waals surface area contributed by atoms with E-state index < -0.39 is 24.7 Å². The van der Waals surface area contributed by atoms with E-state index in [4.69, 9.17) is 11.6 Å². The van der Waals surface area contributed by atoms with E-state index in [1.165, 1.54) is 0 Å². The number of nitrogens with one attached hydrogen (secondary N) is 1. The lowest BCUT2D eigenvalue weighted by molar-refractivity contribution is -0.137. The zero-order chi connectivity index (χ0) is 12.3. The molecule has 0 atom stereocenters. The van der Waals surface area contributed by atoms with Crippen molar-refractivity contribution in [3.63, 3.8) is 0 Å². The quantitative estimate of drug-likeness (QED) is 0.808. The van der Waals surface area contributed by atoms with Crippen molar-refractivity contribution in [2.45, 2.75) is 12.6 Å². The Morgan fingerprint density at radius 3 is 2.31 bits per heavy atom. The minimum atomic E-state index is -4.50. The Balaban J connectivity index is 2.84. The van der Waals surface area contributed by atoms with Crippen LogP contribution in [0.1, 0.15) is 5.56 Å². The van der Waals surface area contributed by atoms with Crippen molar-refractivity contribution >= 4 is 17.3 Å². The summed E-state index contributed by atoms with van der Waals surface area (Å²) in [5.74, 6) is 0. The fourth-order valence-electron chi connectivity index (χ4n) is 1.02. The highest BCUT2D eigenvalue weighted by molar-refractivity contribution is 6.33. The van der Waals surface area contributed by atoms with Crippen LogP contribution in [-0.4, -0.2) is 13.0 Å². The molecule has 0 bridgehead atoms. The molecule has 0 aliphatic carbocycles. The minimum Gasteiger partial charge on any atom is -0.378 e. The van der Waals surface area contributed by atoms with Gasteiger partial charge >= 0.3 is 6.18 Å². The summed E-state index contributed by atoms with van der Waals surface area (Å²) in [4.78, 5) is 0. The SMILES string of the molecule is FC(F)CNc1ccc(C(F)(F)F)cc1Cl. The molecule has 1 rings (SSSR count). The Morgan fingerprint density at radius 2 is 1.88 bits per heavy atom. The fourth-order valence-corrected chi connectivity index (χ4v) is 1.27. The Morgan fingerprint density at radius 1 is 1.25 bits per heavy atom. The summed E-state index contributed by atoms with van der Waals surface area (Å²) in [6.07, 6.45) is -7.09. The number of hydrogen-bond acceptors (Lipinski definition) is 1. The van der Waals surface area contributed by atoms with E-state index in [9.17, 15) is 22.0 Å². The number of anilines is 1. The van der Waals surface area contributed by atoms with E-state index in [1.807, 2.05) is 0 Å². The van der Waals surface area contributed by atoms with Crippen molar-refractivity contribution in [1.82, 2.24) is 0 Å². The van der Waals surface area contributed by atoms with Gasteiger partial charge in [0, 0.05) is 0 Å². The van der Waals surface area contributed by atoms with Crippen LogP contribution in [0, 0.1) is 0 Å². The predicted molar refractivity (Wildman–Crippen MR) is 50.9 cm³/mol. The molecule has 0 unspecified atom stereocenters. The van der Waals surface area contributed by atoms with Gasteiger partial charge in [0.2, 0.25) is 0 Å². The van der Waals surface area contributed by atoms with Gasteiger partial charge in [-0.15, -0.1) is 0 Å². The second kappa shape index (κ2) is 4.86. The highest BCUT2D eigenvalue weighted by Gasteiger charge is 2.30. The molecule has 7 heteroatoms. The van der Waals surface area contributed by atoms with Crippen molar-refractivity contribution in [2.24, 2.45) is 0 Å². The minimum absolute atomic E-state index is 0.0509. The van der Waals surface area contributed by atoms with Crippen molar-refractivity contribution < 1.29 is 22.0 Å². The molecule has 0 aliphatic rings. The molecule has 0 radical (unpaired) electrons. The summed E-state index contributed by atoms with van der Waals surface area (Å²) in [6, 6.07) is 2.49. The molecule has 0 heterocycles. The third-order valence-electron chi connectivity index (χ3n) is 1.74. The third kappa shape index (κ3) is 3.52. The molecular weight excluding hydrogens is 253 g/mol. The maximum atomic E-state index is 12.2. The van der Waals surface area contributed by atoms with Gasteiger partial charge in [-0.1, -0.05) is 11.6 Å². The zero-order valence-electron chi connectivity index (χ0n) is 7.78. The molecule has 0 fully saturated rings. The van der Waals surface area contributed by atoms with Crippen molar-refractivity contribution in [3.8, 4) is 0 Å². The highest BCUT2D eigenvalue weighted by Crippen LogP contribution is 2.33. The predicted octanol–water partition coefficient (Wildman–Crippen LogP) is 4.04. The van der Waals surface area contributed by atoms with Crippen LogP contribution >= 0.6 is 11.6 Å². The molecule has 0 saturated carbocycles. The molecule has 1 N–H and O–H groups in total. The zero-order valence-corrected chi connectivity index (χ0v) is 8.54. The molecule has 1 aromatic rings. The van der Waals surface area contributed by atoms with Crippen LogP contribution in [-0.2, 0) is 6.18 Å². The standard InChI is InChI=1S/C9H7ClF5N/c10-6-3-5(9(13,14)15)1-2-7(6)16-4-8(11)12/h1-3,8,16H,4H2. The second-order valence-corrected chi connectivity index (χ2v) is 3.37. The summed E-state index contributed by atoms with van der Waals surface area (Å²) in [5.41, 5.74) is -0.866. The lowest BCUT2D eigenvalue weighted by atomic mass is 10.2. The monoisotopic (exact) mass is 259 g/mol. The van der Waals surface area contributed by atoms with Gasteiger partial charge in [0.25, 0.3) is 6.43 Å². The number of hydrogen-bond donors (Lipinski definition) is 1. The Hall–Kier alpha value is -1.04. The van der Waals surface area contributed by atoms with Gasteiger partial charge in [-0.05, 0) is 18.2 Å². The van der Waals surface area contributed by atoms with Crippen LogP contribution in [0.5, 0.6) is 0 Å². The number of rotatable bonds is 3. The molecule has 0 spiro atoms. The molecule has 0 amide bonds. The first-order valence-corrected chi connectivity index (χ1v) is 4.57. The van der Waals surface area contributed by atoms with Gasteiger partial charge in [0.05, 0.1) is 22.8 Å². The average Bonchev–Trinajstić information content (AvgIpc) is 2.14. The van der Waals surface area contributed by atoms with Gasteiger partial charge < -0.3 is 5.32 Å². The van der Waals surface area contributed by atoms with Crippen LogP contribution in [0.25, 0.3) is 0 Å². The summed E-state index contributed by atoms with van der Waals surface area (Å²) >= 11 is 5.51. The van der Waals surface area contributed by atoms with Crippen molar-refractivity contribution in [2.75, 3.05) is 11.9 Å². The number of halogens is 6. The third-order valence-corrected chi connectivity index (χ3v) is 2.06. The van der Waals surface area contributed by atoms with E-state index >= 15 is 0 Å². The van der Waals surface area contributed by atoms with Crippen LogP contribution < -0.4 is 5.32 Å². The lowest BCUT2D eigenvalue weighted by Gasteiger charge is -2.11. The molecule has 0 aliphatic heterocycles. The first-order valence-electron chi connectivity index (χ1n) is 4.19. The molecule has 0 aromatic heterocycles. The maximum Gasteiger partial charge on any atom is 0.416 e. The van der Waals surface area contributed by atoms with Gasteiger partial charge in [-0.2, -0.15) is 13.2 Å². The second-order valence-electron chi connectivity index (χ2n) is 2.96. The summed E-state index contributed by atoms with van der Waals surface area (Å²) in [7, 11) is 0. The van der Waals surface area contributed by atoms with E-state index in [0.29, 0.717) is 6.07 Å². The summed E-state index contributed by atoms with van der Waals surface area (Å²) in [6.45, 7) is -0.662. The lowest BCUT2D eigenvalue weighted by Crippen LogP contribution is -2.11. The van der Waals surface area contributed by atoms with Crippen molar-refractivity contribution in [1.29, 1.82) is 0 Å². The Labute approximate surface area is 93.2 Å². The Kier molecular flexibility index (Phi) is 3.96. The average molecular weight is 260 g/mol. The number of alkyl halides is 5. The van der Waals surface area contributed by atoms with Gasteiger partial charge in [-0.3, -0.25) is 0 Å².